The van der Waals surface area contributed by atoms with Crippen LogP contribution in [0.3, 0.4) is 0 Å². The van der Waals surface area contributed by atoms with Crippen LogP contribution in [-0.2, 0) is 0 Å². The zero-order valence-electron chi connectivity index (χ0n) is 8.07. The molecule has 0 aliphatic heterocycles. The SMILES string of the molecule is Cc1[nH]cnc1-c1nccn1C1CC1. The molecule has 2 aromatic rings. The third-order valence-electron chi connectivity index (χ3n) is 2.65. The number of hydrogen-bond acceptors (Lipinski definition) is 2. The summed E-state index contributed by atoms with van der Waals surface area (Å²) in [6.45, 7) is 2.02. The van der Waals surface area contributed by atoms with Gasteiger partial charge in [0.2, 0.25) is 0 Å². The number of rotatable bonds is 2. The summed E-state index contributed by atoms with van der Waals surface area (Å²) in [5.74, 6) is 0.992. The third kappa shape index (κ3) is 1.07. The Morgan fingerprint density at radius 3 is 2.93 bits per heavy atom. The van der Waals surface area contributed by atoms with Crippen LogP contribution in [0.2, 0.25) is 0 Å². The molecule has 0 saturated heterocycles. The van der Waals surface area contributed by atoms with E-state index in [1.54, 1.807) is 6.33 Å². The molecule has 1 fully saturated rings. The first-order valence-electron chi connectivity index (χ1n) is 4.89. The van der Waals surface area contributed by atoms with Crippen molar-refractivity contribution in [1.82, 2.24) is 19.5 Å². The highest BCUT2D eigenvalue weighted by Crippen LogP contribution is 2.37. The Hall–Kier alpha value is -1.58. The van der Waals surface area contributed by atoms with E-state index in [0.29, 0.717) is 6.04 Å². The Bertz CT molecular complexity index is 450. The van der Waals surface area contributed by atoms with Crippen LogP contribution in [0.25, 0.3) is 11.5 Å². The van der Waals surface area contributed by atoms with Gasteiger partial charge in [-0.3, -0.25) is 0 Å². The molecule has 0 aromatic carbocycles. The normalized spacial score (nSPS) is 16.1. The Morgan fingerprint density at radius 2 is 2.29 bits per heavy atom. The van der Waals surface area contributed by atoms with Crippen LogP contribution in [0.1, 0.15) is 24.6 Å². The molecule has 0 radical (unpaired) electrons. The molecule has 0 atom stereocenters. The number of aromatic nitrogens is 4. The monoisotopic (exact) mass is 188 g/mol. The summed E-state index contributed by atoms with van der Waals surface area (Å²) in [6.07, 6.45) is 8.15. The lowest BCUT2D eigenvalue weighted by molar-refractivity contribution is 0.747. The van der Waals surface area contributed by atoms with E-state index in [1.165, 1.54) is 12.8 Å². The van der Waals surface area contributed by atoms with Gasteiger partial charge < -0.3 is 9.55 Å². The molecule has 3 rings (SSSR count). The van der Waals surface area contributed by atoms with Crippen molar-refractivity contribution >= 4 is 0 Å². The lowest BCUT2D eigenvalue weighted by Gasteiger charge is -2.03. The Labute approximate surface area is 82.0 Å². The molecule has 1 saturated carbocycles. The van der Waals surface area contributed by atoms with E-state index in [1.807, 2.05) is 19.3 Å². The number of hydrogen-bond donors (Lipinski definition) is 1. The Morgan fingerprint density at radius 1 is 1.43 bits per heavy atom. The molecule has 72 valence electrons. The first-order chi connectivity index (χ1) is 6.86. The van der Waals surface area contributed by atoms with Gasteiger partial charge in [0.15, 0.2) is 5.82 Å². The van der Waals surface area contributed by atoms with E-state index >= 15 is 0 Å². The summed E-state index contributed by atoms with van der Waals surface area (Å²) in [5.41, 5.74) is 2.06. The highest BCUT2D eigenvalue weighted by molar-refractivity contribution is 5.53. The quantitative estimate of drug-likeness (QED) is 0.782. The van der Waals surface area contributed by atoms with Gasteiger partial charge in [-0.25, -0.2) is 9.97 Å². The second kappa shape index (κ2) is 2.70. The molecular weight excluding hydrogens is 176 g/mol. The van der Waals surface area contributed by atoms with Crippen molar-refractivity contribution in [1.29, 1.82) is 0 Å². The number of aryl methyl sites for hydroxylation is 1. The number of aromatic amines is 1. The van der Waals surface area contributed by atoms with E-state index in [-0.39, 0.29) is 0 Å². The number of imidazole rings is 2. The summed E-state index contributed by atoms with van der Waals surface area (Å²) in [6, 6.07) is 0.656. The number of nitrogens with zero attached hydrogens (tertiary/aromatic N) is 3. The second-order valence-electron chi connectivity index (χ2n) is 3.77. The van der Waals surface area contributed by atoms with Crippen LogP contribution < -0.4 is 0 Å². The molecule has 0 amide bonds. The molecule has 0 unspecified atom stereocenters. The van der Waals surface area contributed by atoms with Gasteiger partial charge in [-0.2, -0.15) is 0 Å². The first kappa shape index (κ1) is 7.79. The minimum Gasteiger partial charge on any atom is -0.348 e. The Kier molecular flexibility index (Phi) is 1.50. The fourth-order valence-corrected chi connectivity index (χ4v) is 1.73. The van der Waals surface area contributed by atoms with Crippen molar-refractivity contribution in [2.24, 2.45) is 0 Å². The zero-order valence-corrected chi connectivity index (χ0v) is 8.07. The highest BCUT2D eigenvalue weighted by atomic mass is 15.1. The minimum atomic E-state index is 0.656. The average molecular weight is 188 g/mol. The standard InChI is InChI=1S/C10H12N4/c1-7-9(13-6-12-7)10-11-4-5-14(10)8-2-3-8/h4-6,8H,2-3H2,1H3,(H,12,13). The molecule has 0 bridgehead atoms. The molecular formula is C10H12N4. The molecule has 1 aliphatic rings. The van der Waals surface area contributed by atoms with E-state index in [2.05, 4.69) is 19.5 Å². The fraction of sp³-hybridized carbons (Fsp3) is 0.400. The molecule has 1 aliphatic carbocycles. The van der Waals surface area contributed by atoms with Crippen LogP contribution >= 0.6 is 0 Å². The molecule has 14 heavy (non-hydrogen) atoms. The van der Waals surface area contributed by atoms with E-state index in [9.17, 15) is 0 Å². The largest absolute Gasteiger partial charge is 0.348 e. The fourth-order valence-electron chi connectivity index (χ4n) is 1.73. The van der Waals surface area contributed by atoms with Crippen LogP contribution in [0.5, 0.6) is 0 Å². The summed E-state index contributed by atoms with van der Waals surface area (Å²) < 4.78 is 2.23. The van der Waals surface area contributed by atoms with Crippen molar-refractivity contribution in [3.63, 3.8) is 0 Å². The van der Waals surface area contributed by atoms with Crippen LogP contribution in [0.4, 0.5) is 0 Å². The van der Waals surface area contributed by atoms with Crippen molar-refractivity contribution < 1.29 is 0 Å². The predicted octanol–water partition coefficient (Wildman–Crippen LogP) is 1.92. The lowest BCUT2D eigenvalue weighted by atomic mass is 10.3. The minimum absolute atomic E-state index is 0.656. The van der Waals surface area contributed by atoms with Crippen molar-refractivity contribution in [3.8, 4) is 11.5 Å². The molecule has 4 nitrogen and oxygen atoms in total. The van der Waals surface area contributed by atoms with E-state index in [4.69, 9.17) is 0 Å². The number of nitrogens with one attached hydrogen (secondary N) is 1. The number of H-pyrrole nitrogens is 1. The van der Waals surface area contributed by atoms with Gasteiger partial charge in [0, 0.05) is 24.1 Å². The molecule has 4 heteroatoms. The van der Waals surface area contributed by atoms with Crippen LogP contribution in [0.15, 0.2) is 18.7 Å². The van der Waals surface area contributed by atoms with Gasteiger partial charge in [-0.15, -0.1) is 0 Å². The summed E-state index contributed by atoms with van der Waals surface area (Å²) in [4.78, 5) is 11.7. The maximum Gasteiger partial charge on any atom is 0.160 e. The summed E-state index contributed by atoms with van der Waals surface area (Å²) in [7, 11) is 0. The van der Waals surface area contributed by atoms with E-state index in [0.717, 1.165) is 17.2 Å². The maximum absolute atomic E-state index is 4.36. The molecule has 1 N–H and O–H groups in total. The third-order valence-corrected chi connectivity index (χ3v) is 2.65. The van der Waals surface area contributed by atoms with Gasteiger partial charge in [0.25, 0.3) is 0 Å². The van der Waals surface area contributed by atoms with Crippen LogP contribution in [0, 0.1) is 6.92 Å². The van der Waals surface area contributed by atoms with Crippen molar-refractivity contribution in [3.05, 3.63) is 24.4 Å². The average Bonchev–Trinajstić information content (AvgIpc) is 2.75. The van der Waals surface area contributed by atoms with Crippen LogP contribution in [-0.4, -0.2) is 19.5 Å². The second-order valence-corrected chi connectivity index (χ2v) is 3.77. The smallest absolute Gasteiger partial charge is 0.160 e. The predicted molar refractivity (Wildman–Crippen MR) is 52.8 cm³/mol. The van der Waals surface area contributed by atoms with Crippen molar-refractivity contribution in [2.45, 2.75) is 25.8 Å². The first-order valence-corrected chi connectivity index (χ1v) is 4.89. The maximum atomic E-state index is 4.36. The van der Waals surface area contributed by atoms with E-state index < -0.39 is 0 Å². The topological polar surface area (TPSA) is 46.5 Å². The Balaban J connectivity index is 2.11. The van der Waals surface area contributed by atoms with Crippen molar-refractivity contribution in [2.75, 3.05) is 0 Å². The molecule has 2 aromatic heterocycles. The highest BCUT2D eigenvalue weighted by Gasteiger charge is 2.26. The van der Waals surface area contributed by atoms with Gasteiger partial charge >= 0.3 is 0 Å². The molecule has 0 spiro atoms. The summed E-state index contributed by atoms with van der Waals surface area (Å²) >= 11 is 0. The van der Waals surface area contributed by atoms with Gasteiger partial charge in [0.05, 0.1) is 6.33 Å². The van der Waals surface area contributed by atoms with Gasteiger partial charge in [0.1, 0.15) is 5.69 Å². The van der Waals surface area contributed by atoms with Gasteiger partial charge in [-0.1, -0.05) is 0 Å². The lowest BCUT2D eigenvalue weighted by Crippen LogP contribution is -1.97. The zero-order chi connectivity index (χ0) is 9.54. The summed E-state index contributed by atoms with van der Waals surface area (Å²) in [5, 5.41) is 0. The van der Waals surface area contributed by atoms with Gasteiger partial charge in [-0.05, 0) is 19.8 Å². The molecule has 2 heterocycles.